The van der Waals surface area contributed by atoms with E-state index in [1.54, 1.807) is 6.92 Å². The van der Waals surface area contributed by atoms with Crippen molar-refractivity contribution in [3.05, 3.63) is 48.3 Å². The van der Waals surface area contributed by atoms with E-state index in [0.717, 1.165) is 43.2 Å². The number of hydrogen-bond acceptors (Lipinski definition) is 6. The van der Waals surface area contributed by atoms with Gasteiger partial charge >= 0.3 is 0 Å². The van der Waals surface area contributed by atoms with Gasteiger partial charge in [-0.25, -0.2) is 4.39 Å². The van der Waals surface area contributed by atoms with Crippen molar-refractivity contribution in [2.75, 3.05) is 67.7 Å². The monoisotopic (exact) mass is 429 g/mol. The van der Waals surface area contributed by atoms with E-state index in [4.69, 9.17) is 14.2 Å². The summed E-state index contributed by atoms with van der Waals surface area (Å²) in [4.78, 5) is 17.3. The van der Waals surface area contributed by atoms with E-state index in [1.165, 1.54) is 24.3 Å². The standard InChI is InChI=1S/C23H28FN3O4/c1-17(31-20-5-2-18(24)3-6-20)23(28)25-21-7-4-19(26-8-12-29-13-9-26)16-22(21)27-10-14-30-15-11-27/h2-7,16-17H,8-15H2,1H3,(H,25,28)/t17-/m0/s1. The Morgan fingerprint density at radius 2 is 1.58 bits per heavy atom. The molecular formula is C23H28FN3O4. The van der Waals surface area contributed by atoms with Crippen LogP contribution < -0.4 is 19.9 Å². The van der Waals surface area contributed by atoms with Crippen molar-refractivity contribution in [3.8, 4) is 5.75 Å². The van der Waals surface area contributed by atoms with Crippen molar-refractivity contribution in [2.24, 2.45) is 0 Å². The zero-order chi connectivity index (χ0) is 21.6. The third kappa shape index (κ3) is 5.45. The minimum atomic E-state index is -0.734. The highest BCUT2D eigenvalue weighted by Crippen LogP contribution is 2.32. The number of morpholine rings is 2. The Kier molecular flexibility index (Phi) is 6.89. The van der Waals surface area contributed by atoms with Crippen LogP contribution in [0.2, 0.25) is 0 Å². The van der Waals surface area contributed by atoms with Crippen molar-refractivity contribution < 1.29 is 23.4 Å². The molecular weight excluding hydrogens is 401 g/mol. The third-order valence-electron chi connectivity index (χ3n) is 5.46. The van der Waals surface area contributed by atoms with E-state index in [-0.39, 0.29) is 11.7 Å². The zero-order valence-corrected chi connectivity index (χ0v) is 17.7. The summed E-state index contributed by atoms with van der Waals surface area (Å²) in [6, 6.07) is 11.7. The maximum atomic E-state index is 13.1. The molecule has 7 nitrogen and oxygen atoms in total. The van der Waals surface area contributed by atoms with Gasteiger partial charge < -0.3 is 29.3 Å². The molecule has 0 saturated carbocycles. The van der Waals surface area contributed by atoms with Gasteiger partial charge in [-0.15, -0.1) is 0 Å². The number of carbonyl (C=O) groups is 1. The van der Waals surface area contributed by atoms with Gasteiger partial charge in [0.25, 0.3) is 5.91 Å². The van der Waals surface area contributed by atoms with Crippen LogP contribution >= 0.6 is 0 Å². The summed E-state index contributed by atoms with van der Waals surface area (Å²) in [6.45, 7) is 7.61. The van der Waals surface area contributed by atoms with Gasteiger partial charge in [0, 0.05) is 31.9 Å². The SMILES string of the molecule is C[C@H](Oc1ccc(F)cc1)C(=O)Nc1ccc(N2CCOCC2)cc1N1CCOCC1. The van der Waals surface area contributed by atoms with Gasteiger partial charge in [0.15, 0.2) is 6.10 Å². The molecule has 0 aromatic heterocycles. The maximum Gasteiger partial charge on any atom is 0.265 e. The quantitative estimate of drug-likeness (QED) is 0.762. The van der Waals surface area contributed by atoms with Crippen molar-refractivity contribution in [2.45, 2.75) is 13.0 Å². The molecule has 1 amide bonds. The van der Waals surface area contributed by atoms with Gasteiger partial charge in [-0.1, -0.05) is 0 Å². The Hall–Kier alpha value is -2.84. The third-order valence-corrected chi connectivity index (χ3v) is 5.46. The summed E-state index contributed by atoms with van der Waals surface area (Å²) in [5, 5.41) is 3.01. The van der Waals surface area contributed by atoms with Crippen molar-refractivity contribution in [1.29, 1.82) is 0 Å². The first-order valence-electron chi connectivity index (χ1n) is 10.6. The second-order valence-electron chi connectivity index (χ2n) is 7.60. The average Bonchev–Trinajstić information content (AvgIpc) is 2.82. The maximum absolute atomic E-state index is 13.1. The highest BCUT2D eigenvalue weighted by Gasteiger charge is 2.22. The van der Waals surface area contributed by atoms with Crippen molar-refractivity contribution >= 4 is 23.0 Å². The van der Waals surface area contributed by atoms with Gasteiger partial charge in [0.1, 0.15) is 11.6 Å². The Bertz CT molecular complexity index is 881. The lowest BCUT2D eigenvalue weighted by Crippen LogP contribution is -2.38. The van der Waals surface area contributed by atoms with Gasteiger partial charge in [0.05, 0.1) is 37.8 Å². The Morgan fingerprint density at radius 3 is 2.23 bits per heavy atom. The topological polar surface area (TPSA) is 63.3 Å². The highest BCUT2D eigenvalue weighted by molar-refractivity contribution is 5.97. The Labute approximate surface area is 181 Å². The summed E-state index contributed by atoms with van der Waals surface area (Å²) < 4.78 is 29.7. The summed E-state index contributed by atoms with van der Waals surface area (Å²) in [7, 11) is 0. The number of hydrogen-bond donors (Lipinski definition) is 1. The van der Waals surface area contributed by atoms with Crippen LogP contribution in [0.25, 0.3) is 0 Å². The summed E-state index contributed by atoms with van der Waals surface area (Å²) in [5.74, 6) is -0.168. The number of nitrogens with zero attached hydrogens (tertiary/aromatic N) is 2. The van der Waals surface area contributed by atoms with E-state index in [9.17, 15) is 9.18 Å². The lowest BCUT2D eigenvalue weighted by molar-refractivity contribution is -0.122. The van der Waals surface area contributed by atoms with Gasteiger partial charge in [-0.3, -0.25) is 4.79 Å². The average molecular weight is 429 g/mol. The fourth-order valence-corrected chi connectivity index (χ4v) is 3.72. The minimum absolute atomic E-state index is 0.266. The van der Waals surface area contributed by atoms with Crippen LogP contribution in [0.1, 0.15) is 6.92 Å². The molecule has 31 heavy (non-hydrogen) atoms. The normalized spacial score (nSPS) is 17.9. The number of carbonyl (C=O) groups excluding carboxylic acids is 1. The zero-order valence-electron chi connectivity index (χ0n) is 17.7. The molecule has 2 aromatic rings. The number of rotatable bonds is 6. The molecule has 0 unspecified atom stereocenters. The Balaban J connectivity index is 1.51. The number of ether oxygens (including phenoxy) is 3. The van der Waals surface area contributed by atoms with Crippen LogP contribution in [0.4, 0.5) is 21.5 Å². The molecule has 0 bridgehead atoms. The Morgan fingerprint density at radius 1 is 0.968 bits per heavy atom. The molecule has 8 heteroatoms. The molecule has 166 valence electrons. The lowest BCUT2D eigenvalue weighted by atomic mass is 10.1. The smallest absolute Gasteiger partial charge is 0.265 e. The molecule has 2 saturated heterocycles. The van der Waals surface area contributed by atoms with E-state index >= 15 is 0 Å². The predicted molar refractivity (Wildman–Crippen MR) is 118 cm³/mol. The fourth-order valence-electron chi connectivity index (χ4n) is 3.72. The second-order valence-corrected chi connectivity index (χ2v) is 7.60. The predicted octanol–water partition coefficient (Wildman–Crippen LogP) is 2.90. The largest absolute Gasteiger partial charge is 0.481 e. The number of anilines is 3. The number of amides is 1. The first kappa shape index (κ1) is 21.4. The first-order valence-corrected chi connectivity index (χ1v) is 10.6. The first-order chi connectivity index (χ1) is 15.1. The molecule has 2 aliphatic rings. The lowest BCUT2D eigenvalue weighted by Gasteiger charge is -2.33. The summed E-state index contributed by atoms with van der Waals surface area (Å²) in [6.07, 6.45) is -0.734. The van der Waals surface area contributed by atoms with E-state index < -0.39 is 6.10 Å². The minimum Gasteiger partial charge on any atom is -0.481 e. The summed E-state index contributed by atoms with van der Waals surface area (Å²) in [5.41, 5.74) is 2.81. The van der Waals surface area contributed by atoms with Gasteiger partial charge in [-0.2, -0.15) is 0 Å². The molecule has 1 atom stereocenters. The van der Waals surface area contributed by atoms with Crippen LogP contribution in [-0.2, 0) is 14.3 Å². The fraction of sp³-hybridized carbons (Fsp3) is 0.435. The van der Waals surface area contributed by atoms with Crippen LogP contribution in [0, 0.1) is 5.82 Å². The molecule has 0 aliphatic carbocycles. The molecule has 2 fully saturated rings. The van der Waals surface area contributed by atoms with E-state index in [0.29, 0.717) is 32.2 Å². The molecule has 0 radical (unpaired) electrons. The van der Waals surface area contributed by atoms with E-state index in [2.05, 4.69) is 21.2 Å². The van der Waals surface area contributed by atoms with Crippen LogP contribution in [0.15, 0.2) is 42.5 Å². The second kappa shape index (κ2) is 9.98. The molecule has 1 N–H and O–H groups in total. The summed E-state index contributed by atoms with van der Waals surface area (Å²) >= 11 is 0. The molecule has 2 aromatic carbocycles. The number of halogens is 1. The molecule has 2 aliphatic heterocycles. The molecule has 4 rings (SSSR count). The van der Waals surface area contributed by atoms with Crippen molar-refractivity contribution in [3.63, 3.8) is 0 Å². The van der Waals surface area contributed by atoms with Crippen LogP contribution in [0.5, 0.6) is 5.75 Å². The van der Waals surface area contributed by atoms with Gasteiger partial charge in [-0.05, 0) is 49.4 Å². The number of nitrogens with one attached hydrogen (secondary N) is 1. The van der Waals surface area contributed by atoms with Crippen molar-refractivity contribution in [1.82, 2.24) is 0 Å². The molecule has 2 heterocycles. The van der Waals surface area contributed by atoms with Crippen LogP contribution in [0.3, 0.4) is 0 Å². The highest BCUT2D eigenvalue weighted by atomic mass is 19.1. The van der Waals surface area contributed by atoms with Gasteiger partial charge in [0.2, 0.25) is 0 Å². The van der Waals surface area contributed by atoms with E-state index in [1.807, 2.05) is 12.1 Å². The van der Waals surface area contributed by atoms with Crippen LogP contribution in [-0.4, -0.2) is 64.6 Å². The number of benzene rings is 2. The molecule has 0 spiro atoms.